The Labute approximate surface area is 160 Å². The summed E-state index contributed by atoms with van der Waals surface area (Å²) >= 11 is 6.18. The molecule has 1 aromatic carbocycles. The van der Waals surface area contributed by atoms with Crippen molar-refractivity contribution in [1.82, 2.24) is 9.88 Å². The molecule has 1 aliphatic heterocycles. The van der Waals surface area contributed by atoms with Crippen LogP contribution in [0.2, 0.25) is 5.02 Å². The molecule has 1 aromatic heterocycles. The van der Waals surface area contributed by atoms with Crippen LogP contribution in [0.25, 0.3) is 0 Å². The predicted octanol–water partition coefficient (Wildman–Crippen LogP) is 3.99. The van der Waals surface area contributed by atoms with Crippen molar-refractivity contribution >= 4 is 23.1 Å². The van der Waals surface area contributed by atoms with Crippen molar-refractivity contribution in [3.05, 3.63) is 46.1 Å². The number of pyridine rings is 1. The normalized spacial score (nSPS) is 16.0. The third kappa shape index (κ3) is 4.05. The molecule has 0 spiro atoms. The van der Waals surface area contributed by atoms with E-state index >= 15 is 0 Å². The second-order valence-electron chi connectivity index (χ2n) is 6.89. The van der Waals surface area contributed by atoms with Crippen molar-refractivity contribution in [2.75, 3.05) is 31.2 Å². The first-order valence-electron chi connectivity index (χ1n) is 9.13. The first-order chi connectivity index (χ1) is 12.5. The lowest BCUT2D eigenvalue weighted by molar-refractivity contribution is 0.204. The molecule has 2 heterocycles. The van der Waals surface area contributed by atoms with Crippen LogP contribution < -0.4 is 16.2 Å². The smallest absolute Gasteiger partial charge is 0.138 e. The van der Waals surface area contributed by atoms with E-state index in [0.717, 1.165) is 49.5 Å². The zero-order chi connectivity index (χ0) is 18.7. The molecule has 26 heavy (non-hydrogen) atoms. The molecule has 0 bridgehead atoms. The fraction of sp³-hybridized carbons (Fsp3) is 0.450. The van der Waals surface area contributed by atoms with Crippen LogP contribution in [0.1, 0.15) is 42.4 Å². The number of nitrogen functional groups attached to an aromatic ring is 2. The molecule has 5 nitrogen and oxygen atoms in total. The average Bonchev–Trinajstić information content (AvgIpc) is 2.63. The fourth-order valence-corrected chi connectivity index (χ4v) is 3.92. The molecule has 0 amide bonds. The summed E-state index contributed by atoms with van der Waals surface area (Å²) in [6.45, 7) is 7.55. The summed E-state index contributed by atoms with van der Waals surface area (Å²) < 4.78 is 5.60. The molecular formula is C20H27ClN4O. The molecule has 4 N–H and O–H groups in total. The van der Waals surface area contributed by atoms with E-state index in [1.165, 1.54) is 11.1 Å². The molecule has 140 valence electrons. The summed E-state index contributed by atoms with van der Waals surface area (Å²) in [6.07, 6.45) is 3.83. The molecule has 0 saturated carbocycles. The van der Waals surface area contributed by atoms with Crippen LogP contribution in [0, 0.1) is 6.92 Å². The van der Waals surface area contributed by atoms with Crippen LogP contribution in [-0.4, -0.2) is 29.6 Å². The van der Waals surface area contributed by atoms with Gasteiger partial charge in [0.15, 0.2) is 0 Å². The van der Waals surface area contributed by atoms with E-state index in [1.807, 2.05) is 26.0 Å². The molecule has 1 fully saturated rings. The predicted molar refractivity (Wildman–Crippen MR) is 108 cm³/mol. The number of aromatic nitrogens is 1. The van der Waals surface area contributed by atoms with Gasteiger partial charge in [0.05, 0.1) is 23.5 Å². The van der Waals surface area contributed by atoms with Gasteiger partial charge in [-0.05, 0) is 74.5 Å². The summed E-state index contributed by atoms with van der Waals surface area (Å²) in [6, 6.07) is 6.03. The Balaban J connectivity index is 1.65. The van der Waals surface area contributed by atoms with Crippen molar-refractivity contribution in [3.63, 3.8) is 0 Å². The third-order valence-electron chi connectivity index (χ3n) is 5.14. The second-order valence-corrected chi connectivity index (χ2v) is 7.29. The SMILES string of the molecule is CCOc1cc(CN2CCC(c3c(N)cnc(N)c3C)CC2)ccc1Cl. The number of ether oxygens (including phenoxy) is 1. The maximum atomic E-state index is 6.18. The monoisotopic (exact) mass is 374 g/mol. The van der Waals surface area contributed by atoms with Gasteiger partial charge in [-0.1, -0.05) is 17.7 Å². The van der Waals surface area contributed by atoms with E-state index < -0.39 is 0 Å². The number of rotatable bonds is 5. The molecular weight excluding hydrogens is 348 g/mol. The quantitative estimate of drug-likeness (QED) is 0.827. The highest BCUT2D eigenvalue weighted by Gasteiger charge is 2.24. The van der Waals surface area contributed by atoms with Crippen LogP contribution in [0.4, 0.5) is 11.5 Å². The van der Waals surface area contributed by atoms with E-state index in [0.29, 0.717) is 23.4 Å². The highest BCUT2D eigenvalue weighted by atomic mass is 35.5. The summed E-state index contributed by atoms with van der Waals surface area (Å²) in [4.78, 5) is 6.62. The number of halogens is 1. The molecule has 1 saturated heterocycles. The van der Waals surface area contributed by atoms with Crippen LogP contribution >= 0.6 is 11.6 Å². The Kier molecular flexibility index (Phi) is 5.89. The van der Waals surface area contributed by atoms with Gasteiger partial charge in [-0.15, -0.1) is 0 Å². The minimum Gasteiger partial charge on any atom is -0.492 e. The van der Waals surface area contributed by atoms with Crippen LogP contribution in [0.3, 0.4) is 0 Å². The van der Waals surface area contributed by atoms with Crippen molar-refractivity contribution in [3.8, 4) is 5.75 Å². The van der Waals surface area contributed by atoms with Crippen LogP contribution in [0.5, 0.6) is 5.75 Å². The Bertz CT molecular complexity index is 773. The lowest BCUT2D eigenvalue weighted by atomic mass is 9.86. The van der Waals surface area contributed by atoms with Crippen LogP contribution in [0.15, 0.2) is 24.4 Å². The summed E-state index contributed by atoms with van der Waals surface area (Å²) in [5, 5.41) is 0.663. The number of piperidine rings is 1. The zero-order valence-electron chi connectivity index (χ0n) is 15.5. The van der Waals surface area contributed by atoms with Gasteiger partial charge in [-0.25, -0.2) is 4.98 Å². The number of nitrogens with two attached hydrogens (primary N) is 2. The number of nitrogens with zero attached hydrogens (tertiary/aromatic N) is 2. The number of anilines is 2. The van der Waals surface area contributed by atoms with Gasteiger partial charge < -0.3 is 16.2 Å². The third-order valence-corrected chi connectivity index (χ3v) is 5.45. The molecule has 6 heteroatoms. The molecule has 3 rings (SSSR count). The first kappa shape index (κ1) is 18.8. The average molecular weight is 375 g/mol. The fourth-order valence-electron chi connectivity index (χ4n) is 3.75. The van der Waals surface area contributed by atoms with E-state index in [-0.39, 0.29) is 0 Å². The lowest BCUT2D eigenvalue weighted by Crippen LogP contribution is -2.33. The highest BCUT2D eigenvalue weighted by molar-refractivity contribution is 6.32. The van der Waals surface area contributed by atoms with Crippen molar-refractivity contribution < 1.29 is 4.74 Å². The second kappa shape index (κ2) is 8.14. The minimum absolute atomic E-state index is 0.445. The first-order valence-corrected chi connectivity index (χ1v) is 9.51. The number of benzene rings is 1. The van der Waals surface area contributed by atoms with Crippen LogP contribution in [-0.2, 0) is 6.54 Å². The Hall–Kier alpha value is -1.98. The Morgan fingerprint density at radius 2 is 2.00 bits per heavy atom. The topological polar surface area (TPSA) is 77.4 Å². The molecule has 0 unspecified atom stereocenters. The van der Waals surface area contributed by atoms with Gasteiger partial charge in [0.25, 0.3) is 0 Å². The van der Waals surface area contributed by atoms with Gasteiger partial charge in [-0.3, -0.25) is 4.90 Å². The molecule has 0 aliphatic carbocycles. The number of likely N-dealkylation sites (tertiary alicyclic amines) is 1. The van der Waals surface area contributed by atoms with Gasteiger partial charge in [0, 0.05) is 6.54 Å². The van der Waals surface area contributed by atoms with E-state index in [1.54, 1.807) is 6.20 Å². The zero-order valence-corrected chi connectivity index (χ0v) is 16.2. The minimum atomic E-state index is 0.445. The van der Waals surface area contributed by atoms with E-state index in [4.69, 9.17) is 27.8 Å². The molecule has 0 atom stereocenters. The lowest BCUT2D eigenvalue weighted by Gasteiger charge is -2.33. The van der Waals surface area contributed by atoms with Gasteiger partial charge >= 0.3 is 0 Å². The molecule has 1 aliphatic rings. The van der Waals surface area contributed by atoms with Gasteiger partial charge in [0.2, 0.25) is 0 Å². The highest BCUT2D eigenvalue weighted by Crippen LogP contribution is 2.36. The maximum Gasteiger partial charge on any atom is 0.138 e. The van der Waals surface area contributed by atoms with E-state index in [9.17, 15) is 0 Å². The summed E-state index contributed by atoms with van der Waals surface area (Å²) in [7, 11) is 0. The number of hydrogen-bond acceptors (Lipinski definition) is 5. The molecule has 0 radical (unpaired) electrons. The van der Waals surface area contributed by atoms with E-state index in [2.05, 4.69) is 16.0 Å². The summed E-state index contributed by atoms with van der Waals surface area (Å²) in [5.74, 6) is 1.79. The standard InChI is InChI=1S/C20H27ClN4O/c1-3-26-18-10-14(4-5-16(18)21)12-25-8-6-15(7-9-25)19-13(2)20(23)24-11-17(19)22/h4-5,10-11,15H,3,6-9,12,22H2,1-2H3,(H2,23,24). The summed E-state index contributed by atoms with van der Waals surface area (Å²) in [5.41, 5.74) is 16.4. The van der Waals surface area contributed by atoms with Crippen molar-refractivity contribution in [2.45, 2.75) is 39.2 Å². The van der Waals surface area contributed by atoms with Crippen molar-refractivity contribution in [2.24, 2.45) is 0 Å². The van der Waals surface area contributed by atoms with Crippen molar-refractivity contribution in [1.29, 1.82) is 0 Å². The maximum absolute atomic E-state index is 6.18. The number of hydrogen-bond donors (Lipinski definition) is 2. The molecule has 2 aromatic rings. The van der Waals surface area contributed by atoms with Gasteiger partial charge in [0.1, 0.15) is 11.6 Å². The largest absolute Gasteiger partial charge is 0.492 e. The Morgan fingerprint density at radius 1 is 1.27 bits per heavy atom. The van der Waals surface area contributed by atoms with Gasteiger partial charge in [-0.2, -0.15) is 0 Å². The Morgan fingerprint density at radius 3 is 2.69 bits per heavy atom.